The molecule has 1 aliphatic heterocycles. The summed E-state index contributed by atoms with van der Waals surface area (Å²) in [5, 5.41) is 3.46. The number of carbonyl (C=O) groups excluding carboxylic acids is 1. The first-order valence-corrected chi connectivity index (χ1v) is 6.25. The van der Waals surface area contributed by atoms with Crippen molar-refractivity contribution < 1.29 is 4.79 Å². The predicted octanol–water partition coefficient (Wildman–Crippen LogP) is 3.30. The second-order valence-corrected chi connectivity index (χ2v) is 4.70. The molecule has 1 aliphatic rings. The van der Waals surface area contributed by atoms with Crippen molar-refractivity contribution in [2.24, 2.45) is 0 Å². The molecule has 1 unspecified atom stereocenters. The van der Waals surface area contributed by atoms with E-state index in [4.69, 9.17) is 0 Å². The first-order chi connectivity index (χ1) is 8.83. The van der Waals surface area contributed by atoms with E-state index in [1.54, 1.807) is 0 Å². The van der Waals surface area contributed by atoms with Crippen LogP contribution in [-0.2, 0) is 6.42 Å². The lowest BCUT2D eigenvalue weighted by Gasteiger charge is -2.26. The number of Topliss-reactive ketones (excluding diaryl/α,β-unsaturated/α-hetero) is 1. The van der Waals surface area contributed by atoms with Gasteiger partial charge in [-0.1, -0.05) is 42.5 Å². The summed E-state index contributed by atoms with van der Waals surface area (Å²) in [6.45, 7) is 0. The Kier molecular flexibility index (Phi) is 2.85. The summed E-state index contributed by atoms with van der Waals surface area (Å²) < 4.78 is 0. The average molecular weight is 237 g/mol. The maximum absolute atomic E-state index is 12.0. The fourth-order valence-corrected chi connectivity index (χ4v) is 2.48. The van der Waals surface area contributed by atoms with Crippen molar-refractivity contribution in [2.45, 2.75) is 18.9 Å². The molecule has 0 spiro atoms. The molecular weight excluding hydrogens is 222 g/mol. The van der Waals surface area contributed by atoms with Crippen molar-refractivity contribution >= 4 is 11.5 Å². The van der Waals surface area contributed by atoms with Crippen molar-refractivity contribution in [1.82, 2.24) is 0 Å². The van der Waals surface area contributed by atoms with E-state index in [0.717, 1.165) is 17.7 Å². The van der Waals surface area contributed by atoms with E-state index >= 15 is 0 Å². The summed E-state index contributed by atoms with van der Waals surface area (Å²) in [5.74, 6) is 0.241. The minimum atomic E-state index is 0.204. The quantitative estimate of drug-likeness (QED) is 0.868. The van der Waals surface area contributed by atoms with Gasteiger partial charge in [0.15, 0.2) is 5.78 Å². The van der Waals surface area contributed by atoms with Gasteiger partial charge in [0.2, 0.25) is 0 Å². The summed E-state index contributed by atoms with van der Waals surface area (Å²) >= 11 is 0. The van der Waals surface area contributed by atoms with Gasteiger partial charge in [0, 0.05) is 23.7 Å². The number of nitrogens with one attached hydrogen (secondary N) is 1. The molecule has 2 nitrogen and oxygen atoms in total. The van der Waals surface area contributed by atoms with Crippen molar-refractivity contribution in [1.29, 1.82) is 0 Å². The second-order valence-electron chi connectivity index (χ2n) is 4.70. The van der Waals surface area contributed by atoms with Crippen LogP contribution in [-0.4, -0.2) is 11.8 Å². The van der Waals surface area contributed by atoms with Crippen LogP contribution in [0.25, 0.3) is 0 Å². The molecule has 0 saturated carbocycles. The Labute approximate surface area is 107 Å². The van der Waals surface area contributed by atoms with Gasteiger partial charge in [-0.3, -0.25) is 4.79 Å². The number of rotatable bonds is 2. The zero-order valence-corrected chi connectivity index (χ0v) is 10.1. The maximum Gasteiger partial charge on any atom is 0.167 e. The van der Waals surface area contributed by atoms with E-state index in [1.165, 1.54) is 5.56 Å². The van der Waals surface area contributed by atoms with Crippen LogP contribution in [0.2, 0.25) is 0 Å². The summed E-state index contributed by atoms with van der Waals surface area (Å²) in [5.41, 5.74) is 3.05. The lowest BCUT2D eigenvalue weighted by atomic mass is 9.93. The van der Waals surface area contributed by atoms with Gasteiger partial charge in [-0.2, -0.15) is 0 Å². The number of fused-ring (bicyclic) bond motifs is 1. The highest BCUT2D eigenvalue weighted by atomic mass is 16.1. The fourth-order valence-electron chi connectivity index (χ4n) is 2.48. The summed E-state index contributed by atoms with van der Waals surface area (Å²) in [7, 11) is 0. The van der Waals surface area contributed by atoms with Crippen LogP contribution >= 0.6 is 0 Å². The molecule has 3 rings (SSSR count). The highest BCUT2D eigenvalue weighted by Gasteiger charge is 2.23. The van der Waals surface area contributed by atoms with Gasteiger partial charge in [0.05, 0.1) is 0 Å². The third-order valence-corrected chi connectivity index (χ3v) is 3.34. The van der Waals surface area contributed by atoms with Crippen LogP contribution in [0.5, 0.6) is 0 Å². The molecule has 0 bridgehead atoms. The molecule has 2 aromatic carbocycles. The molecular formula is C16H15NO. The van der Waals surface area contributed by atoms with Crippen molar-refractivity contribution in [3.63, 3.8) is 0 Å². The van der Waals surface area contributed by atoms with Gasteiger partial charge in [-0.25, -0.2) is 0 Å². The predicted molar refractivity (Wildman–Crippen MR) is 72.9 cm³/mol. The molecule has 2 aromatic rings. The summed E-state index contributed by atoms with van der Waals surface area (Å²) in [6, 6.07) is 18.2. The smallest absolute Gasteiger partial charge is 0.167 e. The van der Waals surface area contributed by atoms with Crippen LogP contribution in [0.3, 0.4) is 0 Å². The number of hydrogen-bond acceptors (Lipinski definition) is 2. The van der Waals surface area contributed by atoms with Crippen LogP contribution in [0, 0.1) is 0 Å². The van der Waals surface area contributed by atoms with E-state index in [1.807, 2.05) is 42.5 Å². The van der Waals surface area contributed by atoms with Gasteiger partial charge in [-0.15, -0.1) is 0 Å². The Morgan fingerprint density at radius 2 is 1.72 bits per heavy atom. The maximum atomic E-state index is 12.0. The lowest BCUT2D eigenvalue weighted by molar-refractivity contribution is 0.0972. The number of carbonyl (C=O) groups is 1. The summed E-state index contributed by atoms with van der Waals surface area (Å²) in [4.78, 5) is 12.0. The van der Waals surface area contributed by atoms with Crippen LogP contribution in [0.15, 0.2) is 54.6 Å². The molecule has 0 saturated heterocycles. The van der Waals surface area contributed by atoms with Crippen molar-refractivity contribution in [3.8, 4) is 0 Å². The number of anilines is 1. The van der Waals surface area contributed by atoms with E-state index < -0.39 is 0 Å². The monoisotopic (exact) mass is 237 g/mol. The Hall–Kier alpha value is -2.09. The molecule has 1 heterocycles. The average Bonchev–Trinajstić information content (AvgIpc) is 2.40. The van der Waals surface area contributed by atoms with Gasteiger partial charge < -0.3 is 5.32 Å². The molecule has 90 valence electrons. The van der Waals surface area contributed by atoms with E-state index in [2.05, 4.69) is 17.4 Å². The van der Waals surface area contributed by atoms with Gasteiger partial charge in [0.25, 0.3) is 0 Å². The molecule has 0 aromatic heterocycles. The Balaban J connectivity index is 1.80. The van der Waals surface area contributed by atoms with E-state index in [9.17, 15) is 4.79 Å². The highest BCUT2D eigenvalue weighted by Crippen LogP contribution is 2.25. The van der Waals surface area contributed by atoms with Gasteiger partial charge in [-0.05, 0) is 24.1 Å². The SMILES string of the molecule is O=C1CC(Cc2ccccc2)Nc2ccccc21. The first-order valence-electron chi connectivity index (χ1n) is 6.25. The largest absolute Gasteiger partial charge is 0.381 e. The molecule has 1 atom stereocenters. The number of para-hydroxylation sites is 1. The third kappa shape index (κ3) is 2.14. The van der Waals surface area contributed by atoms with Crippen LogP contribution in [0.1, 0.15) is 22.3 Å². The second kappa shape index (κ2) is 4.65. The highest BCUT2D eigenvalue weighted by molar-refractivity contribution is 6.03. The standard InChI is InChI=1S/C16H15NO/c18-16-11-13(10-12-6-2-1-3-7-12)17-15-9-5-4-8-14(15)16/h1-9,13,17H,10-11H2. The Bertz CT molecular complexity index is 562. The number of ketones is 1. The molecule has 2 heteroatoms. The minimum absolute atomic E-state index is 0.204. The van der Waals surface area contributed by atoms with Crippen LogP contribution in [0.4, 0.5) is 5.69 Å². The minimum Gasteiger partial charge on any atom is -0.381 e. The van der Waals surface area contributed by atoms with E-state index in [-0.39, 0.29) is 11.8 Å². The molecule has 0 fully saturated rings. The number of benzene rings is 2. The van der Waals surface area contributed by atoms with Crippen molar-refractivity contribution in [3.05, 3.63) is 65.7 Å². The van der Waals surface area contributed by atoms with Crippen LogP contribution < -0.4 is 5.32 Å². The third-order valence-electron chi connectivity index (χ3n) is 3.34. The molecule has 0 aliphatic carbocycles. The summed E-state index contributed by atoms with van der Waals surface area (Å²) in [6.07, 6.45) is 1.47. The zero-order valence-electron chi connectivity index (χ0n) is 10.1. The van der Waals surface area contributed by atoms with Crippen molar-refractivity contribution in [2.75, 3.05) is 5.32 Å². The molecule has 0 radical (unpaired) electrons. The first kappa shape index (κ1) is 11.0. The molecule has 0 amide bonds. The molecule has 1 N–H and O–H groups in total. The molecule has 18 heavy (non-hydrogen) atoms. The fraction of sp³-hybridized carbons (Fsp3) is 0.188. The van der Waals surface area contributed by atoms with E-state index in [0.29, 0.717) is 6.42 Å². The topological polar surface area (TPSA) is 29.1 Å². The zero-order chi connectivity index (χ0) is 12.4. The van der Waals surface area contributed by atoms with Gasteiger partial charge in [0.1, 0.15) is 0 Å². The Morgan fingerprint density at radius 1 is 1.00 bits per heavy atom. The normalized spacial score (nSPS) is 18.0. The number of hydrogen-bond donors (Lipinski definition) is 1. The Morgan fingerprint density at radius 3 is 2.56 bits per heavy atom. The lowest BCUT2D eigenvalue weighted by Crippen LogP contribution is -2.31. The van der Waals surface area contributed by atoms with Gasteiger partial charge >= 0.3 is 0 Å².